The third kappa shape index (κ3) is 4.71. The van der Waals surface area contributed by atoms with E-state index in [1.807, 2.05) is 18.2 Å². The van der Waals surface area contributed by atoms with E-state index in [0.29, 0.717) is 16.9 Å². The Hall–Kier alpha value is -2.99. The molecule has 2 heterocycles. The van der Waals surface area contributed by atoms with Crippen LogP contribution in [0.25, 0.3) is 21.1 Å². The minimum absolute atomic E-state index is 0.229. The van der Waals surface area contributed by atoms with Crippen LogP contribution in [0.15, 0.2) is 47.1 Å². The Balaban J connectivity index is 1.85. The topological polar surface area (TPSA) is 94.1 Å². The minimum atomic E-state index is -4.63. The van der Waals surface area contributed by atoms with E-state index in [1.54, 1.807) is 5.51 Å². The van der Waals surface area contributed by atoms with E-state index in [1.165, 1.54) is 50.6 Å². The number of nitrogens with zero attached hydrogens (tertiary/aromatic N) is 3. The molecule has 0 atom stereocenters. The Bertz CT molecular complexity index is 1440. The molecule has 0 spiro atoms. The molecule has 2 aromatic carbocycles. The van der Waals surface area contributed by atoms with Crippen molar-refractivity contribution >= 4 is 53.8 Å². The predicted octanol–water partition coefficient (Wildman–Crippen LogP) is 5.50. The lowest BCUT2D eigenvalue weighted by molar-refractivity contribution is -0.153. The summed E-state index contributed by atoms with van der Waals surface area (Å²) in [5.74, 6) is -0.120. The lowest BCUT2D eigenvalue weighted by Gasteiger charge is -2.22. The van der Waals surface area contributed by atoms with Crippen LogP contribution in [0.2, 0.25) is 0 Å². The van der Waals surface area contributed by atoms with Gasteiger partial charge < -0.3 is 10.1 Å². The molecule has 0 unspecified atom stereocenters. The number of aromatic nitrogens is 3. The van der Waals surface area contributed by atoms with E-state index in [2.05, 4.69) is 20.3 Å². The third-order valence-electron chi connectivity index (χ3n) is 4.78. The summed E-state index contributed by atoms with van der Waals surface area (Å²) < 4.78 is 69.4. The number of hydrogen-bond donors (Lipinski definition) is 1. The van der Waals surface area contributed by atoms with E-state index in [9.17, 15) is 21.6 Å². The van der Waals surface area contributed by atoms with Gasteiger partial charge in [0.1, 0.15) is 22.8 Å². The number of hydrogen-bond acceptors (Lipinski definition) is 8. The van der Waals surface area contributed by atoms with Crippen LogP contribution in [0.3, 0.4) is 0 Å². The molecule has 0 fully saturated rings. The number of nitrogens with one attached hydrogen (secondary N) is 1. The Morgan fingerprint density at radius 1 is 1.03 bits per heavy atom. The van der Waals surface area contributed by atoms with Crippen LogP contribution in [0.5, 0.6) is 5.75 Å². The maximum absolute atomic E-state index is 13.2. The van der Waals surface area contributed by atoms with Gasteiger partial charge in [-0.25, -0.2) is 23.4 Å². The molecule has 0 radical (unpaired) electrons. The molecular weight excluding hydrogens is 477 g/mol. The largest absolute Gasteiger partial charge is 0.483 e. The quantitative estimate of drug-likeness (QED) is 0.390. The number of benzene rings is 2. The van der Waals surface area contributed by atoms with Gasteiger partial charge in [-0.1, -0.05) is 0 Å². The number of halogens is 3. The molecule has 174 valence electrons. The van der Waals surface area contributed by atoms with Crippen LogP contribution in [0, 0.1) is 0 Å². The van der Waals surface area contributed by atoms with Crippen LogP contribution in [-0.2, 0) is 9.84 Å². The Labute approximate surface area is 191 Å². The standard InChI is InChI=1S/C21H19F3N4O3S2/c1-20(2,3)33(29,30)18-7-13-14(8-16(18)31-9-21(22,23)24)25-10-26-19(13)28-12-4-5-17-15(6-12)27-11-32-17/h4-8,10-11H,9H2,1-3H3,(H,25,26,28). The van der Waals surface area contributed by atoms with Crippen LogP contribution in [0.1, 0.15) is 20.8 Å². The normalized spacial score (nSPS) is 12.9. The van der Waals surface area contributed by atoms with Crippen LogP contribution >= 0.6 is 11.3 Å². The summed E-state index contributed by atoms with van der Waals surface area (Å²) in [7, 11) is -4.06. The zero-order chi connectivity index (χ0) is 24.0. The van der Waals surface area contributed by atoms with Crippen molar-refractivity contribution in [2.24, 2.45) is 0 Å². The highest BCUT2D eigenvalue weighted by Gasteiger charge is 2.36. The maximum Gasteiger partial charge on any atom is 0.422 e. The zero-order valence-electron chi connectivity index (χ0n) is 17.8. The highest BCUT2D eigenvalue weighted by Crippen LogP contribution is 2.37. The smallest absolute Gasteiger partial charge is 0.422 e. The zero-order valence-corrected chi connectivity index (χ0v) is 19.4. The van der Waals surface area contributed by atoms with Gasteiger partial charge in [0, 0.05) is 17.1 Å². The molecular formula is C21H19F3N4O3S2. The molecule has 4 aromatic rings. The van der Waals surface area contributed by atoms with Crippen molar-refractivity contribution in [3.63, 3.8) is 0 Å². The van der Waals surface area contributed by atoms with Gasteiger partial charge in [-0.3, -0.25) is 0 Å². The van der Waals surface area contributed by atoms with Gasteiger partial charge in [0.05, 0.1) is 26.0 Å². The summed E-state index contributed by atoms with van der Waals surface area (Å²) in [5, 5.41) is 3.44. The molecule has 0 saturated carbocycles. The van der Waals surface area contributed by atoms with E-state index >= 15 is 0 Å². The molecule has 1 N–H and O–H groups in total. The van der Waals surface area contributed by atoms with Crippen molar-refractivity contribution in [1.82, 2.24) is 15.0 Å². The van der Waals surface area contributed by atoms with Crippen molar-refractivity contribution < 1.29 is 26.3 Å². The molecule has 2 aromatic heterocycles. The first-order valence-electron chi connectivity index (χ1n) is 9.68. The highest BCUT2D eigenvalue weighted by molar-refractivity contribution is 7.92. The third-order valence-corrected chi connectivity index (χ3v) is 8.10. The monoisotopic (exact) mass is 496 g/mol. The maximum atomic E-state index is 13.2. The van der Waals surface area contributed by atoms with E-state index < -0.39 is 33.1 Å². The first-order chi connectivity index (χ1) is 15.3. The first-order valence-corrected chi connectivity index (χ1v) is 12.0. The number of alkyl halides is 3. The first kappa shape index (κ1) is 23.2. The number of ether oxygens (including phenoxy) is 1. The van der Waals surface area contributed by atoms with E-state index in [-0.39, 0.29) is 10.4 Å². The average molecular weight is 497 g/mol. The summed E-state index contributed by atoms with van der Waals surface area (Å²) >= 11 is 1.49. The van der Waals surface area contributed by atoms with E-state index in [0.717, 1.165) is 10.2 Å². The van der Waals surface area contributed by atoms with Crippen LogP contribution in [-0.4, -0.2) is 40.9 Å². The number of rotatable bonds is 5. The summed E-state index contributed by atoms with van der Waals surface area (Å²) in [4.78, 5) is 12.2. The second-order valence-corrected chi connectivity index (χ2v) is 11.8. The lowest BCUT2D eigenvalue weighted by atomic mass is 10.2. The molecule has 0 amide bonds. The van der Waals surface area contributed by atoms with Crippen molar-refractivity contribution in [2.75, 3.05) is 11.9 Å². The van der Waals surface area contributed by atoms with Crippen LogP contribution in [0.4, 0.5) is 24.7 Å². The molecule has 33 heavy (non-hydrogen) atoms. The van der Waals surface area contributed by atoms with Gasteiger partial charge in [0.2, 0.25) is 0 Å². The SMILES string of the molecule is CC(C)(C)S(=O)(=O)c1cc2c(Nc3ccc4scnc4c3)ncnc2cc1OCC(F)(F)F. The van der Waals surface area contributed by atoms with Crippen molar-refractivity contribution in [1.29, 1.82) is 0 Å². The Morgan fingerprint density at radius 2 is 1.79 bits per heavy atom. The molecule has 0 aliphatic carbocycles. The van der Waals surface area contributed by atoms with Gasteiger partial charge in [-0.05, 0) is 45.0 Å². The van der Waals surface area contributed by atoms with Crippen molar-refractivity contribution in [3.8, 4) is 5.75 Å². The highest BCUT2D eigenvalue weighted by atomic mass is 32.2. The molecule has 0 bridgehead atoms. The minimum Gasteiger partial charge on any atom is -0.483 e. The predicted molar refractivity (Wildman–Crippen MR) is 121 cm³/mol. The summed E-state index contributed by atoms with van der Waals surface area (Å²) in [6.07, 6.45) is -3.40. The van der Waals surface area contributed by atoms with Crippen LogP contribution < -0.4 is 10.1 Å². The molecule has 0 aliphatic rings. The molecule has 0 saturated heterocycles. The fourth-order valence-corrected chi connectivity index (χ4v) is 5.02. The molecule has 12 heteroatoms. The second kappa shape index (κ2) is 8.10. The molecule has 0 aliphatic heterocycles. The van der Waals surface area contributed by atoms with Crippen molar-refractivity contribution in [3.05, 3.63) is 42.2 Å². The summed E-state index contributed by atoms with van der Waals surface area (Å²) in [5.41, 5.74) is 3.39. The molecule has 4 rings (SSSR count). The fraction of sp³-hybridized carbons (Fsp3) is 0.286. The average Bonchev–Trinajstić information content (AvgIpc) is 3.18. The van der Waals surface area contributed by atoms with Gasteiger partial charge in [0.15, 0.2) is 16.4 Å². The number of anilines is 2. The number of sulfone groups is 1. The number of thiazole rings is 1. The van der Waals surface area contributed by atoms with Gasteiger partial charge >= 0.3 is 6.18 Å². The lowest BCUT2D eigenvalue weighted by Crippen LogP contribution is -2.29. The van der Waals surface area contributed by atoms with E-state index in [4.69, 9.17) is 4.74 Å². The molecule has 7 nitrogen and oxygen atoms in total. The fourth-order valence-electron chi connectivity index (χ4n) is 3.05. The van der Waals surface area contributed by atoms with Crippen molar-refractivity contribution in [2.45, 2.75) is 36.6 Å². The number of fused-ring (bicyclic) bond motifs is 2. The Morgan fingerprint density at radius 3 is 2.48 bits per heavy atom. The summed E-state index contributed by atoms with van der Waals surface area (Å²) in [6.45, 7) is 2.76. The van der Waals surface area contributed by atoms with Gasteiger partial charge in [-0.15, -0.1) is 11.3 Å². The second-order valence-electron chi connectivity index (χ2n) is 8.22. The van der Waals surface area contributed by atoms with Gasteiger partial charge in [0.25, 0.3) is 0 Å². The van der Waals surface area contributed by atoms with Gasteiger partial charge in [-0.2, -0.15) is 13.2 Å². The summed E-state index contributed by atoms with van der Waals surface area (Å²) in [6, 6.07) is 7.97. The Kier molecular flexibility index (Phi) is 5.69.